The second-order valence-electron chi connectivity index (χ2n) is 8.39. The zero-order valence-electron chi connectivity index (χ0n) is 16.7. The molecule has 5 rings (SSSR count). The van der Waals surface area contributed by atoms with Crippen LogP contribution in [0.4, 0.5) is 0 Å². The van der Waals surface area contributed by atoms with E-state index in [2.05, 4.69) is 67.7 Å². The van der Waals surface area contributed by atoms with Gasteiger partial charge in [-0.25, -0.2) is 0 Å². The zero-order valence-corrected chi connectivity index (χ0v) is 16.7. The molecule has 1 aliphatic rings. The van der Waals surface area contributed by atoms with Crippen LogP contribution < -0.4 is 5.46 Å². The summed E-state index contributed by atoms with van der Waals surface area (Å²) in [6.45, 7) is 1.70. The van der Waals surface area contributed by atoms with Gasteiger partial charge in [-0.3, -0.25) is 0 Å². The molecular formula is C25H25BNO2+. The number of benzene rings is 4. The third-order valence-electron chi connectivity index (χ3n) is 6.49. The molecule has 0 bridgehead atoms. The number of quaternary nitrogens is 1. The molecule has 1 atom stereocenters. The fourth-order valence-corrected chi connectivity index (χ4v) is 5.11. The van der Waals surface area contributed by atoms with Gasteiger partial charge in [0.25, 0.3) is 0 Å². The van der Waals surface area contributed by atoms with Gasteiger partial charge in [-0.2, -0.15) is 0 Å². The highest BCUT2D eigenvalue weighted by Gasteiger charge is 2.48. The van der Waals surface area contributed by atoms with E-state index in [0.29, 0.717) is 10.8 Å². The summed E-state index contributed by atoms with van der Waals surface area (Å²) in [7, 11) is 1.62. The second-order valence-corrected chi connectivity index (χ2v) is 8.39. The first-order valence-corrected chi connectivity index (χ1v) is 10.2. The molecule has 3 nitrogen and oxygen atoms in total. The highest BCUT2D eigenvalue weighted by Crippen LogP contribution is 2.36. The summed E-state index contributed by atoms with van der Waals surface area (Å²) < 4.78 is 0.548. The molecule has 0 radical (unpaired) electrons. The Morgan fingerprint density at radius 1 is 0.793 bits per heavy atom. The molecule has 0 amide bonds. The van der Waals surface area contributed by atoms with Crippen LogP contribution in [0.25, 0.3) is 21.5 Å². The molecule has 1 heterocycles. The van der Waals surface area contributed by atoms with Crippen molar-refractivity contribution in [3.8, 4) is 0 Å². The van der Waals surface area contributed by atoms with E-state index in [9.17, 15) is 10.1 Å². The minimum atomic E-state index is -0.527. The lowest BCUT2D eigenvalue weighted by Gasteiger charge is -2.33. The van der Waals surface area contributed by atoms with Crippen molar-refractivity contribution in [2.75, 3.05) is 13.7 Å². The van der Waals surface area contributed by atoms with Crippen LogP contribution in [0.1, 0.15) is 16.7 Å². The lowest BCUT2D eigenvalue weighted by Crippen LogP contribution is -2.54. The third kappa shape index (κ3) is 2.87. The van der Waals surface area contributed by atoms with Crippen molar-refractivity contribution < 1.29 is 14.5 Å². The van der Waals surface area contributed by atoms with Crippen LogP contribution in [0.2, 0.25) is 0 Å². The summed E-state index contributed by atoms with van der Waals surface area (Å²) in [5, 5.41) is 25.7. The number of rotatable bonds is 4. The third-order valence-corrected chi connectivity index (χ3v) is 6.49. The van der Waals surface area contributed by atoms with Gasteiger partial charge in [0.15, 0.2) is 0 Å². The van der Waals surface area contributed by atoms with Crippen molar-refractivity contribution in [2.24, 2.45) is 0 Å². The second kappa shape index (κ2) is 6.99. The normalized spacial score (nSPS) is 18.5. The van der Waals surface area contributed by atoms with Crippen molar-refractivity contribution >= 4 is 34.1 Å². The summed E-state index contributed by atoms with van der Waals surface area (Å²) in [4.78, 5) is 0. The summed E-state index contributed by atoms with van der Waals surface area (Å²) in [6, 6.07) is 25.2. The van der Waals surface area contributed by atoms with Gasteiger partial charge in [-0.15, -0.1) is 0 Å². The molecule has 2 N–H and O–H groups in total. The number of aliphatic hydroxyl groups excluding tert-OH is 1. The Morgan fingerprint density at radius 3 is 1.86 bits per heavy atom. The Bertz CT molecular complexity index is 1170. The number of fused-ring (bicyclic) bond motifs is 3. The van der Waals surface area contributed by atoms with Crippen LogP contribution in [0.5, 0.6) is 0 Å². The van der Waals surface area contributed by atoms with E-state index >= 15 is 0 Å². The fourth-order valence-electron chi connectivity index (χ4n) is 5.11. The Balaban J connectivity index is 1.72. The minimum Gasteiger partial charge on any atom is -0.396 e. The SMILES string of the molecule is C[N@+]1(Cc2c3ccccc3c(CCO)c3ccccc23)Cc2ccccc2B1O. The first-order chi connectivity index (χ1) is 14.1. The van der Waals surface area contributed by atoms with Crippen LogP contribution in [-0.4, -0.2) is 35.2 Å². The molecule has 0 unspecified atom stereocenters. The minimum absolute atomic E-state index is 0.134. The average Bonchev–Trinajstić information content (AvgIpc) is 3.01. The van der Waals surface area contributed by atoms with Crippen molar-refractivity contribution in [2.45, 2.75) is 19.5 Å². The molecule has 1 aliphatic heterocycles. The maximum Gasteiger partial charge on any atom is 0.609 e. The standard InChI is InChI=1S/C25H25BNO2/c1-27(16-18-8-2-7-13-25(18)26(27)29)17-24-21-11-5-3-9-19(21)23(14-15-28)20-10-4-6-12-22(20)24/h2-13,28-29H,14-17H2,1H3/q+1/t27-/m1/s1. The van der Waals surface area contributed by atoms with Gasteiger partial charge < -0.3 is 14.5 Å². The first kappa shape index (κ1) is 18.4. The number of nitrogens with zero attached hydrogens (tertiary/aromatic N) is 1. The highest BCUT2D eigenvalue weighted by atomic mass is 16.3. The van der Waals surface area contributed by atoms with E-state index in [1.807, 2.05) is 12.1 Å². The summed E-state index contributed by atoms with van der Waals surface area (Å²) in [6.07, 6.45) is 0.640. The van der Waals surface area contributed by atoms with Crippen LogP contribution in [0.15, 0.2) is 72.8 Å². The van der Waals surface area contributed by atoms with E-state index in [-0.39, 0.29) is 6.61 Å². The molecule has 0 saturated carbocycles. The lowest BCUT2D eigenvalue weighted by molar-refractivity contribution is -0.836. The number of aliphatic hydroxyl groups is 1. The zero-order chi connectivity index (χ0) is 20.0. The number of hydrogen-bond donors (Lipinski definition) is 2. The van der Waals surface area contributed by atoms with Crippen LogP contribution in [0.3, 0.4) is 0 Å². The monoisotopic (exact) mass is 382 g/mol. The van der Waals surface area contributed by atoms with Crippen LogP contribution in [-0.2, 0) is 19.5 Å². The lowest BCUT2D eigenvalue weighted by atomic mass is 9.72. The highest BCUT2D eigenvalue weighted by molar-refractivity contribution is 6.60. The van der Waals surface area contributed by atoms with Gasteiger partial charge in [-0.1, -0.05) is 72.8 Å². The number of hydrogen-bond acceptors (Lipinski definition) is 2. The van der Waals surface area contributed by atoms with Gasteiger partial charge in [0, 0.05) is 23.2 Å². The maximum atomic E-state index is 11.2. The van der Waals surface area contributed by atoms with Gasteiger partial charge >= 0.3 is 7.05 Å². The quantitative estimate of drug-likeness (QED) is 0.420. The molecule has 29 heavy (non-hydrogen) atoms. The first-order valence-electron chi connectivity index (χ1n) is 10.2. The summed E-state index contributed by atoms with van der Waals surface area (Å²) in [5.41, 5.74) is 4.75. The molecule has 0 fully saturated rings. The van der Waals surface area contributed by atoms with E-state index < -0.39 is 7.05 Å². The molecule has 0 aliphatic carbocycles. The average molecular weight is 382 g/mol. The van der Waals surface area contributed by atoms with E-state index in [1.165, 1.54) is 38.2 Å². The molecule has 0 spiro atoms. The van der Waals surface area contributed by atoms with Crippen LogP contribution >= 0.6 is 0 Å². The molecule has 0 aromatic heterocycles. The summed E-state index contributed by atoms with van der Waals surface area (Å²) >= 11 is 0. The topological polar surface area (TPSA) is 40.5 Å². The Kier molecular flexibility index (Phi) is 4.43. The van der Waals surface area contributed by atoms with Crippen molar-refractivity contribution in [3.63, 3.8) is 0 Å². The van der Waals surface area contributed by atoms with Crippen molar-refractivity contribution in [1.29, 1.82) is 0 Å². The molecular weight excluding hydrogens is 357 g/mol. The Labute approximate surface area is 171 Å². The van der Waals surface area contributed by atoms with Gasteiger partial charge in [0.05, 0.1) is 20.1 Å². The Morgan fingerprint density at radius 2 is 1.31 bits per heavy atom. The van der Waals surface area contributed by atoms with Gasteiger partial charge in [0.2, 0.25) is 0 Å². The van der Waals surface area contributed by atoms with E-state index in [4.69, 9.17) is 0 Å². The van der Waals surface area contributed by atoms with E-state index in [1.54, 1.807) is 0 Å². The van der Waals surface area contributed by atoms with Gasteiger partial charge in [-0.05, 0) is 33.5 Å². The van der Waals surface area contributed by atoms with Gasteiger partial charge in [0.1, 0.15) is 0 Å². The Hall–Kier alpha value is -2.66. The molecule has 0 saturated heterocycles. The predicted octanol–water partition coefficient (Wildman–Crippen LogP) is 3.38. The fraction of sp³-hybridized carbons (Fsp3) is 0.200. The smallest absolute Gasteiger partial charge is 0.396 e. The van der Waals surface area contributed by atoms with Crippen molar-refractivity contribution in [1.82, 2.24) is 0 Å². The van der Waals surface area contributed by atoms with Crippen LogP contribution in [0, 0.1) is 0 Å². The van der Waals surface area contributed by atoms with E-state index in [0.717, 1.165) is 18.6 Å². The largest absolute Gasteiger partial charge is 0.609 e. The predicted molar refractivity (Wildman–Crippen MR) is 120 cm³/mol. The molecule has 4 aromatic carbocycles. The van der Waals surface area contributed by atoms with Crippen molar-refractivity contribution in [3.05, 3.63) is 89.5 Å². The molecule has 144 valence electrons. The maximum absolute atomic E-state index is 11.2. The molecule has 4 aromatic rings. The molecule has 4 heteroatoms. The summed E-state index contributed by atoms with van der Waals surface area (Å²) in [5.74, 6) is 0.